The highest BCUT2D eigenvalue weighted by atomic mass is 35.5. The molecule has 0 atom stereocenters. The zero-order chi connectivity index (χ0) is 11.0. The molecular formula is C10H5ClO4. The molecule has 0 saturated heterocycles. The van der Waals surface area contributed by atoms with Crippen LogP contribution in [0.4, 0.5) is 0 Å². The fourth-order valence-corrected chi connectivity index (χ4v) is 1.41. The second-order valence-corrected chi connectivity index (χ2v) is 3.36. The van der Waals surface area contributed by atoms with Crippen LogP contribution in [0.3, 0.4) is 0 Å². The summed E-state index contributed by atoms with van der Waals surface area (Å²) in [5, 5.41) is 9.58. The van der Waals surface area contributed by atoms with Crippen LogP contribution in [-0.2, 0) is 4.79 Å². The number of ketones is 1. The minimum atomic E-state index is -1.54. The summed E-state index contributed by atoms with van der Waals surface area (Å²) in [5.74, 6) is -2.80. The van der Waals surface area contributed by atoms with E-state index in [0.29, 0.717) is 16.0 Å². The Morgan fingerprint density at radius 2 is 2.00 bits per heavy atom. The molecule has 5 heteroatoms. The van der Waals surface area contributed by atoms with E-state index in [9.17, 15) is 9.59 Å². The predicted octanol–water partition coefficient (Wildman–Crippen LogP) is 2.35. The third kappa shape index (κ3) is 1.71. The number of halogens is 1. The van der Waals surface area contributed by atoms with Gasteiger partial charge in [0, 0.05) is 10.4 Å². The molecule has 0 amide bonds. The minimum Gasteiger partial charge on any atom is -0.475 e. The van der Waals surface area contributed by atoms with Gasteiger partial charge in [0.2, 0.25) is 0 Å². The van der Waals surface area contributed by atoms with Crippen LogP contribution in [0.5, 0.6) is 0 Å². The molecule has 1 aromatic heterocycles. The third-order valence-corrected chi connectivity index (χ3v) is 2.13. The highest BCUT2D eigenvalue weighted by Gasteiger charge is 2.19. The molecule has 2 rings (SSSR count). The van der Waals surface area contributed by atoms with Gasteiger partial charge in [-0.2, -0.15) is 0 Å². The Morgan fingerprint density at radius 1 is 1.27 bits per heavy atom. The molecule has 0 radical (unpaired) electrons. The minimum absolute atomic E-state index is 0.195. The molecule has 76 valence electrons. The average molecular weight is 225 g/mol. The van der Waals surface area contributed by atoms with Gasteiger partial charge in [-0.15, -0.1) is 0 Å². The lowest BCUT2D eigenvalue weighted by Crippen LogP contribution is -2.11. The Hall–Kier alpha value is -1.81. The number of Topliss-reactive ketones (excluding diaryl/α,β-unsaturated/α-hetero) is 1. The van der Waals surface area contributed by atoms with E-state index in [-0.39, 0.29) is 5.76 Å². The number of carbonyl (C=O) groups is 2. The molecule has 0 spiro atoms. The first kappa shape index (κ1) is 9.73. The number of benzene rings is 1. The monoisotopic (exact) mass is 224 g/mol. The first-order chi connectivity index (χ1) is 7.08. The fraction of sp³-hybridized carbons (Fsp3) is 0. The topological polar surface area (TPSA) is 67.5 Å². The van der Waals surface area contributed by atoms with Crippen LogP contribution < -0.4 is 0 Å². The van der Waals surface area contributed by atoms with Crippen molar-refractivity contribution in [2.75, 3.05) is 0 Å². The van der Waals surface area contributed by atoms with E-state index in [1.54, 1.807) is 18.2 Å². The number of hydrogen-bond acceptors (Lipinski definition) is 3. The molecule has 0 bridgehead atoms. The van der Waals surface area contributed by atoms with Gasteiger partial charge < -0.3 is 9.52 Å². The van der Waals surface area contributed by atoms with E-state index >= 15 is 0 Å². The van der Waals surface area contributed by atoms with E-state index in [1.807, 2.05) is 0 Å². The van der Waals surface area contributed by atoms with E-state index in [1.165, 1.54) is 6.07 Å². The van der Waals surface area contributed by atoms with Gasteiger partial charge in [-0.3, -0.25) is 4.79 Å². The Bertz CT molecular complexity index is 556. The SMILES string of the molecule is O=C(O)C(=O)c1cc2cc(Cl)ccc2o1. The molecule has 4 nitrogen and oxygen atoms in total. The van der Waals surface area contributed by atoms with Crippen LogP contribution in [-0.4, -0.2) is 16.9 Å². The van der Waals surface area contributed by atoms with Gasteiger partial charge in [0.1, 0.15) is 5.58 Å². The summed E-state index contributed by atoms with van der Waals surface area (Å²) >= 11 is 5.73. The van der Waals surface area contributed by atoms with E-state index in [0.717, 1.165) is 0 Å². The average Bonchev–Trinajstić information content (AvgIpc) is 2.58. The highest BCUT2D eigenvalue weighted by Crippen LogP contribution is 2.23. The van der Waals surface area contributed by atoms with Crippen molar-refractivity contribution in [2.45, 2.75) is 0 Å². The molecule has 1 heterocycles. The van der Waals surface area contributed by atoms with Crippen LogP contribution in [0, 0.1) is 0 Å². The molecule has 15 heavy (non-hydrogen) atoms. The lowest BCUT2D eigenvalue weighted by Gasteiger charge is -1.88. The van der Waals surface area contributed by atoms with Crippen molar-refractivity contribution in [1.29, 1.82) is 0 Å². The number of furan rings is 1. The smallest absolute Gasteiger partial charge is 0.380 e. The largest absolute Gasteiger partial charge is 0.475 e. The van der Waals surface area contributed by atoms with Crippen molar-refractivity contribution in [2.24, 2.45) is 0 Å². The summed E-state index contributed by atoms with van der Waals surface area (Å²) in [7, 11) is 0. The lowest BCUT2D eigenvalue weighted by atomic mass is 10.2. The number of carboxylic acid groups (broad SMARTS) is 1. The number of fused-ring (bicyclic) bond motifs is 1. The molecule has 0 aliphatic heterocycles. The maximum Gasteiger partial charge on any atom is 0.380 e. The maximum atomic E-state index is 11.1. The Kier molecular flexibility index (Phi) is 2.21. The Balaban J connectivity index is 2.56. The first-order valence-electron chi connectivity index (χ1n) is 4.04. The van der Waals surface area contributed by atoms with Crippen LogP contribution in [0.2, 0.25) is 5.02 Å². The van der Waals surface area contributed by atoms with E-state index in [2.05, 4.69) is 0 Å². The summed E-state index contributed by atoms with van der Waals surface area (Å²) in [5.41, 5.74) is 0.434. The van der Waals surface area contributed by atoms with Crippen LogP contribution in [0.25, 0.3) is 11.0 Å². The van der Waals surface area contributed by atoms with Gasteiger partial charge in [-0.05, 0) is 24.3 Å². The van der Waals surface area contributed by atoms with Gasteiger partial charge in [0.15, 0.2) is 5.76 Å². The van der Waals surface area contributed by atoms with Crippen molar-refractivity contribution in [3.8, 4) is 0 Å². The van der Waals surface area contributed by atoms with Crippen molar-refractivity contribution in [3.63, 3.8) is 0 Å². The lowest BCUT2D eigenvalue weighted by molar-refractivity contribution is -0.131. The summed E-state index contributed by atoms with van der Waals surface area (Å²) < 4.78 is 5.06. The Morgan fingerprint density at radius 3 is 2.67 bits per heavy atom. The number of carboxylic acids is 1. The molecule has 0 saturated carbocycles. The number of carbonyl (C=O) groups excluding carboxylic acids is 1. The van der Waals surface area contributed by atoms with Gasteiger partial charge in [-0.25, -0.2) is 4.79 Å². The van der Waals surface area contributed by atoms with Crippen molar-refractivity contribution < 1.29 is 19.1 Å². The van der Waals surface area contributed by atoms with E-state index < -0.39 is 11.8 Å². The highest BCUT2D eigenvalue weighted by molar-refractivity contribution is 6.39. The zero-order valence-electron chi connectivity index (χ0n) is 7.36. The van der Waals surface area contributed by atoms with Crippen LogP contribution in [0.15, 0.2) is 28.7 Å². The molecule has 1 aromatic carbocycles. The third-order valence-electron chi connectivity index (χ3n) is 1.90. The normalized spacial score (nSPS) is 10.5. The number of hydrogen-bond donors (Lipinski definition) is 1. The number of rotatable bonds is 2. The summed E-state index contributed by atoms with van der Waals surface area (Å²) in [6, 6.07) is 6.13. The van der Waals surface area contributed by atoms with Gasteiger partial charge >= 0.3 is 11.8 Å². The number of aliphatic carboxylic acids is 1. The maximum absolute atomic E-state index is 11.1. The summed E-state index contributed by atoms with van der Waals surface area (Å²) in [4.78, 5) is 21.5. The Labute approximate surface area is 89.1 Å². The first-order valence-corrected chi connectivity index (χ1v) is 4.42. The quantitative estimate of drug-likeness (QED) is 0.628. The second-order valence-electron chi connectivity index (χ2n) is 2.93. The van der Waals surface area contributed by atoms with Crippen molar-refractivity contribution >= 4 is 34.3 Å². The molecule has 0 aliphatic carbocycles. The molecule has 1 N–H and O–H groups in total. The zero-order valence-corrected chi connectivity index (χ0v) is 8.12. The predicted molar refractivity (Wildman–Crippen MR) is 53.2 cm³/mol. The molecular weight excluding hydrogens is 220 g/mol. The van der Waals surface area contributed by atoms with Crippen molar-refractivity contribution in [3.05, 3.63) is 35.0 Å². The van der Waals surface area contributed by atoms with Crippen LogP contribution in [0.1, 0.15) is 10.6 Å². The van der Waals surface area contributed by atoms with Gasteiger partial charge in [0.25, 0.3) is 0 Å². The summed E-state index contributed by atoms with van der Waals surface area (Å²) in [6.07, 6.45) is 0. The summed E-state index contributed by atoms with van der Waals surface area (Å²) in [6.45, 7) is 0. The standard InChI is InChI=1S/C10H5ClO4/c11-6-1-2-7-5(3-6)4-8(15-7)9(12)10(13)14/h1-4H,(H,13,14). The van der Waals surface area contributed by atoms with Gasteiger partial charge in [-0.1, -0.05) is 11.6 Å². The fourth-order valence-electron chi connectivity index (χ4n) is 1.23. The molecule has 0 unspecified atom stereocenters. The molecule has 2 aromatic rings. The van der Waals surface area contributed by atoms with Crippen LogP contribution >= 0.6 is 11.6 Å². The molecule has 0 fully saturated rings. The van der Waals surface area contributed by atoms with Gasteiger partial charge in [0.05, 0.1) is 0 Å². The van der Waals surface area contributed by atoms with E-state index in [4.69, 9.17) is 21.1 Å². The van der Waals surface area contributed by atoms with Crippen molar-refractivity contribution in [1.82, 2.24) is 0 Å². The second kappa shape index (κ2) is 3.40. The molecule has 0 aliphatic rings.